The second kappa shape index (κ2) is 29.2. The number of phenols is 2. The van der Waals surface area contributed by atoms with Gasteiger partial charge in [0.15, 0.2) is 35.0 Å². The Labute approximate surface area is 491 Å². The number of hydrogen-bond acceptors (Lipinski definition) is 17. The zero-order valence-electron chi connectivity index (χ0n) is 48.3. The van der Waals surface area contributed by atoms with E-state index in [0.717, 1.165) is 23.8 Å². The number of benzene rings is 6. The van der Waals surface area contributed by atoms with Crippen LogP contribution in [0.15, 0.2) is 121 Å². The Morgan fingerprint density at radius 2 is 1.04 bits per heavy atom. The Balaban J connectivity index is 0.000000241. The van der Waals surface area contributed by atoms with E-state index in [0.29, 0.717) is 53.4 Å². The van der Waals surface area contributed by atoms with Crippen molar-refractivity contribution in [2.75, 3.05) is 27.3 Å². The molecule has 1 heterocycles. The number of amides is 2. The topological polar surface area (TPSA) is 266 Å². The lowest BCUT2D eigenvalue weighted by Gasteiger charge is -2.32. The molecular weight excluding hydrogens is 1130 g/mol. The Morgan fingerprint density at radius 3 is 1.48 bits per heavy atom. The summed E-state index contributed by atoms with van der Waals surface area (Å²) in [6.45, 7) is 16.0. The predicted molar refractivity (Wildman–Crippen MR) is 309 cm³/mol. The lowest BCUT2D eigenvalue weighted by molar-refractivity contribution is -0.0500. The maximum Gasteiger partial charge on any atom is 0.534 e. The molecule has 0 saturated carbocycles. The molecule has 0 radical (unpaired) electrons. The summed E-state index contributed by atoms with van der Waals surface area (Å²) in [5, 5.41) is 25.6. The van der Waals surface area contributed by atoms with Crippen LogP contribution in [0.5, 0.6) is 28.7 Å². The van der Waals surface area contributed by atoms with Crippen LogP contribution in [0.3, 0.4) is 0 Å². The summed E-state index contributed by atoms with van der Waals surface area (Å²) < 4.78 is 97.5. The van der Waals surface area contributed by atoms with Gasteiger partial charge in [0.25, 0.3) is 11.8 Å². The number of carbonyl (C=O) groups is 6. The third kappa shape index (κ3) is 17.9. The quantitative estimate of drug-likeness (QED) is 0.0182. The molecule has 0 spiro atoms. The normalized spacial score (nSPS) is 13.2. The first kappa shape index (κ1) is 67.1. The van der Waals surface area contributed by atoms with Crippen molar-refractivity contribution >= 4 is 59.0 Å². The van der Waals surface area contributed by atoms with Gasteiger partial charge >= 0.3 is 34.7 Å². The van der Waals surface area contributed by atoms with Crippen molar-refractivity contribution < 1.29 is 93.0 Å². The zero-order valence-corrected chi connectivity index (χ0v) is 49.1. The summed E-state index contributed by atoms with van der Waals surface area (Å²) in [7, 11) is -3.93. The van der Waals surface area contributed by atoms with E-state index in [-0.39, 0.29) is 76.2 Å². The number of hydrogen-bond donors (Lipinski definition) is 4. The number of aromatic hydroxyl groups is 2. The Hall–Kier alpha value is -8.74. The third-order valence-corrected chi connectivity index (χ3v) is 14.0. The van der Waals surface area contributed by atoms with Crippen molar-refractivity contribution in [3.63, 3.8) is 0 Å². The fourth-order valence-corrected chi connectivity index (χ4v) is 8.15. The molecule has 0 aliphatic carbocycles. The van der Waals surface area contributed by atoms with Crippen molar-refractivity contribution in [3.8, 4) is 39.9 Å². The van der Waals surface area contributed by atoms with Gasteiger partial charge in [0, 0.05) is 35.3 Å². The van der Waals surface area contributed by atoms with Gasteiger partial charge in [-0.05, 0) is 122 Å². The molecule has 1 aliphatic heterocycles. The number of alkyl halides is 3. The van der Waals surface area contributed by atoms with Crippen LogP contribution in [0.2, 0.25) is 0 Å². The lowest BCUT2D eigenvalue weighted by atomic mass is 9.76. The van der Waals surface area contributed by atoms with Gasteiger partial charge in [0.1, 0.15) is 25.1 Å². The van der Waals surface area contributed by atoms with Crippen molar-refractivity contribution in [1.82, 2.24) is 10.6 Å². The number of aldehydes is 2. The molecule has 6 aromatic carbocycles. The van der Waals surface area contributed by atoms with E-state index >= 15 is 0 Å². The van der Waals surface area contributed by atoms with E-state index in [4.69, 9.17) is 28.3 Å². The zero-order chi connectivity index (χ0) is 63.0. The molecule has 1 saturated heterocycles. The van der Waals surface area contributed by atoms with Crippen LogP contribution in [-0.2, 0) is 42.1 Å². The second-order valence-electron chi connectivity index (χ2n) is 20.9. The highest BCUT2D eigenvalue weighted by molar-refractivity contribution is 7.88. The maximum atomic E-state index is 13.1. The molecular formula is C61H66BF3N2O17S. The fraction of sp³-hybridized carbons (Fsp3) is 0.311. The van der Waals surface area contributed by atoms with Gasteiger partial charge < -0.3 is 53.3 Å². The Kier molecular flexibility index (Phi) is 23.0. The average molecular weight is 1200 g/mol. The summed E-state index contributed by atoms with van der Waals surface area (Å²) in [6.07, 6.45) is 1.31. The van der Waals surface area contributed by atoms with E-state index in [9.17, 15) is 60.6 Å². The SMILES string of the molecule is CC(C)CNC(=O)c1ccc(OS(=O)(=O)C(F)(F)F)c(C(=O)OCc2ccccc2)c1.COc1cc(C=O)c(-c2ccc(C(=O)NCC(C)C)cc2C(=O)OCc2ccccc2)cc1O.COc1cc(C=O)c(B2OC(C)(C)C(C)(C)O2)cc1O. The molecule has 24 heteroatoms. The Morgan fingerprint density at radius 1 is 0.600 bits per heavy atom. The molecule has 1 fully saturated rings. The van der Waals surface area contributed by atoms with Crippen molar-refractivity contribution in [2.45, 2.75) is 85.3 Å². The standard InChI is InChI=1S/C27H27NO6.C20H20F3NO6S.C14H19BO5/c1-17(2)14-28-26(31)19-9-10-21(22-13-24(30)25(33-3)12-20(22)15-29)23(11-19)27(32)34-16-18-7-5-4-6-8-18;1-13(2)11-24-18(25)15-8-9-17(30-31(27,28)20(21,22)23)16(10-15)19(26)29-12-14-6-4-3-5-7-14;1-13(2)14(3,4)20-15(19-13)10-7-11(17)12(18-5)6-9(10)8-16/h4-13,15,17,30H,14,16H2,1-3H3,(H,28,31);3-10,13H,11-12H2,1-2H3,(H,24,25);6-8,17H,1-5H3. The van der Waals surface area contributed by atoms with Gasteiger partial charge in [-0.2, -0.15) is 21.6 Å². The van der Waals surface area contributed by atoms with Gasteiger partial charge in [-0.25, -0.2) is 9.59 Å². The lowest BCUT2D eigenvalue weighted by Crippen LogP contribution is -2.41. The summed E-state index contributed by atoms with van der Waals surface area (Å²) >= 11 is 0. The molecule has 85 heavy (non-hydrogen) atoms. The largest absolute Gasteiger partial charge is 0.534 e. The number of esters is 2. The number of carbonyl (C=O) groups excluding carboxylic acids is 6. The number of nitrogens with one attached hydrogen (secondary N) is 2. The van der Waals surface area contributed by atoms with Crippen LogP contribution in [0.4, 0.5) is 13.2 Å². The number of phenolic OH excluding ortho intramolecular Hbond substituents is 2. The fourth-order valence-electron chi connectivity index (χ4n) is 7.68. The highest BCUT2D eigenvalue weighted by Crippen LogP contribution is 2.39. The molecule has 0 bridgehead atoms. The van der Waals surface area contributed by atoms with Crippen LogP contribution >= 0.6 is 0 Å². The van der Waals surface area contributed by atoms with Gasteiger partial charge in [0.05, 0.1) is 31.0 Å². The summed E-state index contributed by atoms with van der Waals surface area (Å²) in [4.78, 5) is 73.5. The number of ether oxygens (including phenoxy) is 4. The smallest absolute Gasteiger partial charge is 0.504 e. The van der Waals surface area contributed by atoms with Crippen molar-refractivity contribution in [3.05, 3.63) is 166 Å². The molecule has 19 nitrogen and oxygen atoms in total. The minimum Gasteiger partial charge on any atom is -0.504 e. The van der Waals surface area contributed by atoms with Gasteiger partial charge in [-0.15, -0.1) is 0 Å². The minimum absolute atomic E-state index is 0.0390. The van der Waals surface area contributed by atoms with Gasteiger partial charge in [0.2, 0.25) is 0 Å². The van der Waals surface area contributed by atoms with Crippen LogP contribution in [0.25, 0.3) is 11.1 Å². The van der Waals surface area contributed by atoms with Gasteiger partial charge in [-0.1, -0.05) is 94.4 Å². The summed E-state index contributed by atoms with van der Waals surface area (Å²) in [5.74, 6) is -3.14. The van der Waals surface area contributed by atoms with E-state index in [1.165, 1.54) is 44.6 Å². The first-order valence-electron chi connectivity index (χ1n) is 26.3. The van der Waals surface area contributed by atoms with Gasteiger partial charge in [-0.3, -0.25) is 19.2 Å². The number of methoxy groups -OCH3 is 2. The molecule has 1 aliphatic rings. The van der Waals surface area contributed by atoms with Crippen LogP contribution in [-0.4, -0.2) is 106 Å². The molecule has 0 atom stereocenters. The Bertz CT molecular complexity index is 3450. The molecule has 6 aromatic rings. The molecule has 4 N–H and O–H groups in total. The first-order valence-corrected chi connectivity index (χ1v) is 27.7. The van der Waals surface area contributed by atoms with E-state index < -0.39 is 63.1 Å². The average Bonchev–Trinajstić information content (AvgIpc) is 3.19. The van der Waals surface area contributed by atoms with Crippen molar-refractivity contribution in [1.29, 1.82) is 0 Å². The summed E-state index contributed by atoms with van der Waals surface area (Å²) in [5.41, 5.74) is -3.92. The summed E-state index contributed by atoms with van der Waals surface area (Å²) in [6, 6.07) is 30.6. The first-order chi connectivity index (χ1) is 40.0. The minimum atomic E-state index is -6.04. The highest BCUT2D eigenvalue weighted by Gasteiger charge is 2.52. The number of rotatable bonds is 20. The number of halogens is 3. The predicted octanol–water partition coefficient (Wildman–Crippen LogP) is 9.79. The molecule has 7 rings (SSSR count). The maximum absolute atomic E-state index is 13.1. The monoisotopic (exact) mass is 1200 g/mol. The van der Waals surface area contributed by atoms with Crippen LogP contribution in [0, 0.1) is 11.8 Å². The van der Waals surface area contributed by atoms with E-state index in [1.54, 1.807) is 42.5 Å². The highest BCUT2D eigenvalue weighted by atomic mass is 32.2. The van der Waals surface area contributed by atoms with Crippen molar-refractivity contribution in [2.24, 2.45) is 11.8 Å². The molecule has 2 amide bonds. The van der Waals surface area contributed by atoms with E-state index in [1.807, 2.05) is 85.7 Å². The third-order valence-electron chi connectivity index (χ3n) is 13.0. The van der Waals surface area contributed by atoms with Crippen LogP contribution in [0.1, 0.15) is 129 Å². The molecule has 0 aromatic heterocycles. The van der Waals surface area contributed by atoms with E-state index in [2.05, 4.69) is 14.8 Å². The molecule has 452 valence electrons. The second-order valence-corrected chi connectivity index (χ2v) is 22.4. The molecule has 0 unspecified atom stereocenters. The van der Waals surface area contributed by atoms with Crippen LogP contribution < -0.4 is 29.8 Å².